The van der Waals surface area contributed by atoms with Crippen molar-refractivity contribution in [3.8, 4) is 0 Å². The summed E-state index contributed by atoms with van der Waals surface area (Å²) in [7, 11) is 0. The van der Waals surface area contributed by atoms with E-state index < -0.39 is 0 Å². The molecule has 0 aliphatic heterocycles. The average molecular weight is 199 g/mol. The van der Waals surface area contributed by atoms with Gasteiger partial charge in [0, 0.05) is 0 Å². The minimum atomic E-state index is 0. The topological polar surface area (TPSA) is 0 Å². The number of rotatable bonds is 0. The summed E-state index contributed by atoms with van der Waals surface area (Å²) in [5.41, 5.74) is 0. The first kappa shape index (κ1) is 394. The van der Waals surface area contributed by atoms with Crippen molar-refractivity contribution in [3.05, 3.63) is 0 Å². The van der Waals surface area contributed by atoms with Gasteiger partial charge in [-0.05, 0) is 0 Å². The molecule has 5 heteroatoms. The van der Waals surface area contributed by atoms with Crippen molar-refractivity contribution in [1.29, 1.82) is 0 Å². The SMILES string of the molecule is [F-].[F-].[F-].[F-].[SbH+4]. The van der Waals surface area contributed by atoms with E-state index in [9.17, 15) is 0 Å². The molecule has 0 spiro atoms. The zero-order valence-corrected chi connectivity index (χ0v) is 4.87. The van der Waals surface area contributed by atoms with Crippen LogP contribution >= 0.6 is 0 Å². The molecule has 0 aromatic heterocycles. The van der Waals surface area contributed by atoms with Crippen LogP contribution in [0.5, 0.6) is 0 Å². The van der Waals surface area contributed by atoms with Gasteiger partial charge in [-0.1, -0.05) is 0 Å². The first-order valence-corrected chi connectivity index (χ1v) is 0. The van der Waals surface area contributed by atoms with Crippen molar-refractivity contribution in [2.75, 3.05) is 0 Å². The minimum absolute atomic E-state index is 0. The standard InChI is InChI=1S/4FH.Sb.H/h4*1H;;/q;;;;+4;/p-4. The summed E-state index contributed by atoms with van der Waals surface area (Å²) in [5.74, 6) is 0. The summed E-state index contributed by atoms with van der Waals surface area (Å²) in [6.45, 7) is 0. The van der Waals surface area contributed by atoms with Crippen LogP contribution in [0.25, 0.3) is 0 Å². The van der Waals surface area contributed by atoms with Gasteiger partial charge in [-0.3, -0.25) is 0 Å². The fourth-order valence-electron chi connectivity index (χ4n) is 0. The molecule has 0 aromatic carbocycles. The Kier molecular flexibility index (Phi) is 15400. The maximum absolute atomic E-state index is 0. The second-order valence-corrected chi connectivity index (χ2v) is 0. The van der Waals surface area contributed by atoms with E-state index in [2.05, 4.69) is 0 Å². The maximum atomic E-state index is 0. The second kappa shape index (κ2) is 196. The van der Waals surface area contributed by atoms with Crippen molar-refractivity contribution in [2.45, 2.75) is 0 Å². The Labute approximate surface area is 43.9 Å². The van der Waals surface area contributed by atoms with Crippen molar-refractivity contribution in [3.63, 3.8) is 0 Å². The summed E-state index contributed by atoms with van der Waals surface area (Å²) < 4.78 is 0. The van der Waals surface area contributed by atoms with Crippen molar-refractivity contribution in [2.24, 2.45) is 0 Å². The number of hydrogen-bond donors (Lipinski definition) is 0. The molecule has 0 bridgehead atoms. The van der Waals surface area contributed by atoms with Gasteiger partial charge in [0.25, 0.3) is 0 Å². The van der Waals surface area contributed by atoms with Crippen LogP contribution in [0, 0.1) is 0 Å². The Bertz CT molecular complexity index is 3.61. The van der Waals surface area contributed by atoms with E-state index in [-0.39, 0.29) is 43.2 Å². The zero-order chi connectivity index (χ0) is 0. The zero-order valence-electron chi connectivity index (χ0n) is 2.01. The first-order chi connectivity index (χ1) is 0. The molecule has 0 fully saturated rings. The van der Waals surface area contributed by atoms with Gasteiger partial charge in [0.15, 0.2) is 0 Å². The van der Waals surface area contributed by atoms with Crippen LogP contribution in [0.1, 0.15) is 0 Å². The Balaban J connectivity index is 0. The van der Waals surface area contributed by atoms with Gasteiger partial charge in [-0.2, -0.15) is 0 Å². The van der Waals surface area contributed by atoms with E-state index in [0.717, 1.165) is 0 Å². The molecule has 0 aliphatic rings. The summed E-state index contributed by atoms with van der Waals surface area (Å²) >= 11 is 0. The number of halogens is 4. The monoisotopic (exact) mass is 198 g/mol. The van der Waals surface area contributed by atoms with E-state index in [0.29, 0.717) is 0 Å². The van der Waals surface area contributed by atoms with Crippen LogP contribution in [0.4, 0.5) is 0 Å². The summed E-state index contributed by atoms with van der Waals surface area (Å²) in [4.78, 5) is 0. The predicted octanol–water partition coefficient (Wildman–Crippen LogP) is -12.6. The molecule has 0 atom stereocenters. The summed E-state index contributed by atoms with van der Waals surface area (Å²) in [6.07, 6.45) is 0. The third kappa shape index (κ3) is 101. The molecule has 0 rings (SSSR count). The molecular weight excluding hydrogens is 198 g/mol. The first-order valence-electron chi connectivity index (χ1n) is 0. The molecular formula is HF4Sb. The quantitative estimate of drug-likeness (QED) is 0.268. The molecule has 5 heavy (non-hydrogen) atoms. The van der Waals surface area contributed by atoms with Gasteiger partial charge in [-0.15, -0.1) is 0 Å². The van der Waals surface area contributed by atoms with E-state index in [4.69, 9.17) is 0 Å². The van der Waals surface area contributed by atoms with Gasteiger partial charge in [-0.25, -0.2) is 0 Å². The molecule has 0 unspecified atom stereocenters. The van der Waals surface area contributed by atoms with Crippen LogP contribution < -0.4 is 18.8 Å². The normalized spacial score (nSPS) is 0. The number of hydrogen-bond acceptors (Lipinski definition) is 0. The molecule has 0 aliphatic carbocycles. The molecule has 34 valence electrons. The summed E-state index contributed by atoms with van der Waals surface area (Å²) in [6, 6.07) is 0. The van der Waals surface area contributed by atoms with Crippen LogP contribution in [-0.4, -0.2) is 24.4 Å². The molecule has 0 radical (unpaired) electrons. The van der Waals surface area contributed by atoms with E-state index >= 15 is 0 Å². The van der Waals surface area contributed by atoms with Crippen molar-refractivity contribution < 1.29 is 18.8 Å². The Morgan fingerprint density at radius 2 is 0.400 bits per heavy atom. The molecule has 0 amide bonds. The molecule has 0 aromatic rings. The van der Waals surface area contributed by atoms with E-state index in [1.165, 1.54) is 0 Å². The molecule has 0 saturated carbocycles. The van der Waals surface area contributed by atoms with E-state index in [1.807, 2.05) is 0 Å². The van der Waals surface area contributed by atoms with Gasteiger partial charge < -0.3 is 18.8 Å². The fraction of sp³-hybridized carbons (Fsp3) is 0. The average Bonchev–Trinajstić information content (AvgIpc) is 0. The molecule has 0 saturated heterocycles. The van der Waals surface area contributed by atoms with Crippen LogP contribution in [-0.2, 0) is 0 Å². The molecule has 0 heterocycles. The third-order valence-corrected chi connectivity index (χ3v) is 0. The van der Waals surface area contributed by atoms with Gasteiger partial charge >= 0.3 is 24.4 Å². The van der Waals surface area contributed by atoms with Crippen LogP contribution in [0.2, 0.25) is 0 Å². The Hall–Kier alpha value is 0.538. The second-order valence-electron chi connectivity index (χ2n) is 0. The van der Waals surface area contributed by atoms with Gasteiger partial charge in [0.2, 0.25) is 0 Å². The molecule has 0 N–H and O–H groups in total. The predicted molar refractivity (Wildman–Crippen MR) is 7.15 cm³/mol. The van der Waals surface area contributed by atoms with Gasteiger partial charge in [0.05, 0.1) is 0 Å². The van der Waals surface area contributed by atoms with Crippen LogP contribution in [0.3, 0.4) is 0 Å². The van der Waals surface area contributed by atoms with Crippen molar-refractivity contribution in [1.82, 2.24) is 0 Å². The fourth-order valence-corrected chi connectivity index (χ4v) is 0. The Morgan fingerprint density at radius 1 is 0.400 bits per heavy atom. The third-order valence-electron chi connectivity index (χ3n) is 0. The summed E-state index contributed by atoms with van der Waals surface area (Å²) in [5, 5.41) is 0. The molecule has 0 nitrogen and oxygen atoms in total. The van der Waals surface area contributed by atoms with Crippen LogP contribution in [0.15, 0.2) is 0 Å². The van der Waals surface area contributed by atoms with Gasteiger partial charge in [0.1, 0.15) is 0 Å². The Morgan fingerprint density at radius 3 is 0.400 bits per heavy atom. The van der Waals surface area contributed by atoms with E-state index in [1.54, 1.807) is 0 Å². The van der Waals surface area contributed by atoms with Crippen molar-refractivity contribution >= 4 is 24.4 Å².